The smallest absolute Gasteiger partial charge is 0.224 e. The number of benzene rings is 1. The van der Waals surface area contributed by atoms with Crippen LogP contribution in [0.2, 0.25) is 0 Å². The predicted molar refractivity (Wildman–Crippen MR) is 82.4 cm³/mol. The number of hydrogen-bond donors (Lipinski definition) is 2. The minimum absolute atomic E-state index is 0.0651. The SMILES string of the molecule is NCC#Cc1ccc(NC(=O)CC2CCS(=O)(=O)C2)cc1. The normalized spacial score (nSPS) is 19.6. The summed E-state index contributed by atoms with van der Waals surface area (Å²) in [4.78, 5) is 11.9. The Bertz CT molecular complexity index is 669. The second-order valence-electron chi connectivity index (χ2n) is 5.10. The summed E-state index contributed by atoms with van der Waals surface area (Å²) in [6, 6.07) is 7.14. The van der Waals surface area contributed by atoms with Crippen LogP contribution in [0.15, 0.2) is 24.3 Å². The molecule has 3 N–H and O–H groups in total. The zero-order valence-corrected chi connectivity index (χ0v) is 12.4. The van der Waals surface area contributed by atoms with E-state index < -0.39 is 9.84 Å². The number of sulfone groups is 1. The first kappa shape index (κ1) is 15.5. The van der Waals surface area contributed by atoms with Crippen molar-refractivity contribution >= 4 is 21.4 Å². The topological polar surface area (TPSA) is 89.3 Å². The number of carbonyl (C=O) groups excluding carboxylic acids is 1. The van der Waals surface area contributed by atoms with Gasteiger partial charge in [0.15, 0.2) is 9.84 Å². The van der Waals surface area contributed by atoms with Crippen molar-refractivity contribution in [3.05, 3.63) is 29.8 Å². The first-order valence-corrected chi connectivity index (χ1v) is 8.60. The summed E-state index contributed by atoms with van der Waals surface area (Å²) in [6.45, 7) is 0.308. The molecule has 0 spiro atoms. The lowest BCUT2D eigenvalue weighted by Crippen LogP contribution is -2.17. The van der Waals surface area contributed by atoms with Gasteiger partial charge in [-0.05, 0) is 36.6 Å². The monoisotopic (exact) mass is 306 g/mol. The molecule has 1 amide bonds. The van der Waals surface area contributed by atoms with Crippen LogP contribution in [0.3, 0.4) is 0 Å². The minimum atomic E-state index is -2.93. The lowest BCUT2D eigenvalue weighted by Gasteiger charge is -2.08. The molecule has 0 radical (unpaired) electrons. The van der Waals surface area contributed by atoms with E-state index in [2.05, 4.69) is 17.2 Å². The summed E-state index contributed by atoms with van der Waals surface area (Å²) < 4.78 is 22.7. The van der Waals surface area contributed by atoms with E-state index in [1.54, 1.807) is 24.3 Å². The third-order valence-corrected chi connectivity index (χ3v) is 5.14. The highest BCUT2D eigenvalue weighted by molar-refractivity contribution is 7.91. The summed E-state index contributed by atoms with van der Waals surface area (Å²) in [7, 11) is -2.93. The number of nitrogens with two attached hydrogens (primary N) is 1. The summed E-state index contributed by atoms with van der Waals surface area (Å²) in [5.74, 6) is 5.75. The van der Waals surface area contributed by atoms with Gasteiger partial charge < -0.3 is 11.1 Å². The largest absolute Gasteiger partial charge is 0.326 e. The molecule has 1 heterocycles. The van der Waals surface area contributed by atoms with Crippen molar-refractivity contribution in [2.45, 2.75) is 12.8 Å². The second-order valence-corrected chi connectivity index (χ2v) is 7.33. The van der Waals surface area contributed by atoms with Crippen molar-refractivity contribution in [1.29, 1.82) is 0 Å². The van der Waals surface area contributed by atoms with Crippen LogP contribution in [0.25, 0.3) is 0 Å². The first-order valence-electron chi connectivity index (χ1n) is 6.78. The van der Waals surface area contributed by atoms with Gasteiger partial charge in [0, 0.05) is 17.7 Å². The quantitative estimate of drug-likeness (QED) is 0.807. The van der Waals surface area contributed by atoms with Crippen LogP contribution in [-0.2, 0) is 14.6 Å². The second kappa shape index (κ2) is 6.74. The van der Waals surface area contributed by atoms with Gasteiger partial charge in [-0.2, -0.15) is 0 Å². The molecular formula is C15H18N2O3S. The predicted octanol–water partition coefficient (Wildman–Crippen LogP) is 0.760. The molecule has 1 aromatic carbocycles. The fraction of sp³-hybridized carbons (Fsp3) is 0.400. The Balaban J connectivity index is 1.88. The van der Waals surface area contributed by atoms with Gasteiger partial charge in [-0.1, -0.05) is 11.8 Å². The van der Waals surface area contributed by atoms with E-state index in [1.165, 1.54) is 0 Å². The van der Waals surface area contributed by atoms with E-state index in [4.69, 9.17) is 5.73 Å². The third-order valence-electron chi connectivity index (χ3n) is 3.30. The van der Waals surface area contributed by atoms with Gasteiger partial charge in [0.05, 0.1) is 18.1 Å². The maximum atomic E-state index is 11.9. The maximum Gasteiger partial charge on any atom is 0.224 e. The fourth-order valence-electron chi connectivity index (χ4n) is 2.30. The van der Waals surface area contributed by atoms with Crippen molar-refractivity contribution in [2.75, 3.05) is 23.4 Å². The van der Waals surface area contributed by atoms with Gasteiger partial charge in [-0.15, -0.1) is 0 Å². The van der Waals surface area contributed by atoms with Gasteiger partial charge in [0.25, 0.3) is 0 Å². The zero-order valence-electron chi connectivity index (χ0n) is 11.6. The van der Waals surface area contributed by atoms with Crippen molar-refractivity contribution in [2.24, 2.45) is 11.7 Å². The molecule has 112 valence electrons. The van der Waals surface area contributed by atoms with E-state index in [0.717, 1.165) is 5.56 Å². The lowest BCUT2D eigenvalue weighted by molar-refractivity contribution is -0.116. The number of anilines is 1. The Morgan fingerprint density at radius 3 is 2.62 bits per heavy atom. The number of nitrogens with one attached hydrogen (secondary N) is 1. The third kappa shape index (κ3) is 4.88. The molecule has 0 aliphatic carbocycles. The Kier molecular flexibility index (Phi) is 4.99. The molecule has 0 bridgehead atoms. The molecule has 0 saturated carbocycles. The van der Waals surface area contributed by atoms with Crippen LogP contribution in [0.5, 0.6) is 0 Å². The zero-order chi connectivity index (χ0) is 15.3. The van der Waals surface area contributed by atoms with Gasteiger partial charge in [-0.25, -0.2) is 8.42 Å². The molecular weight excluding hydrogens is 288 g/mol. The average Bonchev–Trinajstić information content (AvgIpc) is 2.77. The minimum Gasteiger partial charge on any atom is -0.326 e. The van der Waals surface area contributed by atoms with E-state index >= 15 is 0 Å². The van der Waals surface area contributed by atoms with E-state index in [1.807, 2.05) is 0 Å². The lowest BCUT2D eigenvalue weighted by atomic mass is 10.0. The van der Waals surface area contributed by atoms with Gasteiger partial charge in [0.2, 0.25) is 5.91 Å². The first-order chi connectivity index (χ1) is 9.98. The number of amides is 1. The van der Waals surface area contributed by atoms with E-state index in [9.17, 15) is 13.2 Å². The summed E-state index contributed by atoms with van der Waals surface area (Å²) in [5, 5.41) is 2.77. The highest BCUT2D eigenvalue weighted by Crippen LogP contribution is 2.22. The molecule has 1 aromatic rings. The number of carbonyl (C=O) groups is 1. The van der Waals surface area contributed by atoms with Crippen molar-refractivity contribution in [1.82, 2.24) is 0 Å². The average molecular weight is 306 g/mol. The molecule has 1 fully saturated rings. The fourth-order valence-corrected chi connectivity index (χ4v) is 4.16. The summed E-state index contributed by atoms with van der Waals surface area (Å²) >= 11 is 0. The Morgan fingerprint density at radius 1 is 1.33 bits per heavy atom. The van der Waals surface area contributed by atoms with Crippen LogP contribution in [0.1, 0.15) is 18.4 Å². The summed E-state index contributed by atoms with van der Waals surface area (Å²) in [6.07, 6.45) is 0.817. The number of hydrogen-bond acceptors (Lipinski definition) is 4. The molecule has 21 heavy (non-hydrogen) atoms. The van der Waals surface area contributed by atoms with Crippen molar-refractivity contribution < 1.29 is 13.2 Å². The van der Waals surface area contributed by atoms with Crippen LogP contribution < -0.4 is 11.1 Å². The standard InChI is InChI=1S/C15H18N2O3S/c16-8-1-2-12-3-5-14(6-4-12)17-15(18)10-13-7-9-21(19,20)11-13/h3-6,13H,7-11,16H2,(H,17,18). The van der Waals surface area contributed by atoms with Gasteiger partial charge in [0.1, 0.15) is 0 Å². The molecule has 1 atom stereocenters. The highest BCUT2D eigenvalue weighted by Gasteiger charge is 2.29. The molecule has 1 saturated heterocycles. The van der Waals surface area contributed by atoms with Gasteiger partial charge >= 0.3 is 0 Å². The molecule has 1 aliphatic heterocycles. The van der Waals surface area contributed by atoms with Crippen LogP contribution in [0.4, 0.5) is 5.69 Å². The molecule has 1 unspecified atom stereocenters. The summed E-state index contributed by atoms with van der Waals surface area (Å²) in [5.41, 5.74) is 6.81. The highest BCUT2D eigenvalue weighted by atomic mass is 32.2. The van der Waals surface area contributed by atoms with E-state index in [-0.39, 0.29) is 29.8 Å². The molecule has 2 rings (SSSR count). The molecule has 5 nitrogen and oxygen atoms in total. The van der Waals surface area contributed by atoms with Crippen LogP contribution >= 0.6 is 0 Å². The Hall–Kier alpha value is -1.84. The Morgan fingerprint density at radius 2 is 2.05 bits per heavy atom. The van der Waals surface area contributed by atoms with Crippen molar-refractivity contribution in [3.8, 4) is 11.8 Å². The van der Waals surface area contributed by atoms with Crippen LogP contribution in [-0.4, -0.2) is 32.4 Å². The molecule has 6 heteroatoms. The molecule has 0 aromatic heterocycles. The maximum absolute atomic E-state index is 11.9. The van der Waals surface area contributed by atoms with Crippen molar-refractivity contribution in [3.63, 3.8) is 0 Å². The van der Waals surface area contributed by atoms with E-state index in [0.29, 0.717) is 18.7 Å². The van der Waals surface area contributed by atoms with Gasteiger partial charge in [-0.3, -0.25) is 4.79 Å². The van der Waals surface area contributed by atoms with Crippen LogP contribution in [0, 0.1) is 17.8 Å². The number of rotatable bonds is 3. The molecule has 1 aliphatic rings. The Labute approximate surface area is 124 Å².